The van der Waals surface area contributed by atoms with Gasteiger partial charge in [0.25, 0.3) is 5.69 Å². The first-order chi connectivity index (χ1) is 10.0. The minimum absolute atomic E-state index is 0.0746. The molecule has 0 radical (unpaired) electrons. The molecule has 0 saturated carbocycles. The molecule has 0 saturated heterocycles. The van der Waals surface area contributed by atoms with Crippen molar-refractivity contribution in [2.45, 2.75) is 19.9 Å². The van der Waals surface area contributed by atoms with Gasteiger partial charge in [-0.15, -0.1) is 0 Å². The van der Waals surface area contributed by atoms with E-state index in [9.17, 15) is 18.9 Å². The summed E-state index contributed by atoms with van der Waals surface area (Å²) < 4.78 is 27.0. The Morgan fingerprint density at radius 1 is 1.33 bits per heavy atom. The van der Waals surface area contributed by atoms with Gasteiger partial charge in [-0.25, -0.2) is 8.78 Å². The molecule has 0 bridgehead atoms. The summed E-state index contributed by atoms with van der Waals surface area (Å²) in [6.07, 6.45) is 2.30. The average molecular weight is 293 g/mol. The van der Waals surface area contributed by atoms with Crippen molar-refractivity contribution in [1.29, 1.82) is 0 Å². The zero-order valence-corrected chi connectivity index (χ0v) is 11.3. The van der Waals surface area contributed by atoms with E-state index in [1.807, 2.05) is 13.0 Å². The molecule has 0 aliphatic heterocycles. The van der Waals surface area contributed by atoms with Crippen LogP contribution in [0.15, 0.2) is 30.5 Å². The number of hydrogen-bond acceptors (Lipinski definition) is 4. The number of hydrogen-bond donors (Lipinski definition) is 1. The van der Waals surface area contributed by atoms with E-state index < -0.39 is 27.9 Å². The van der Waals surface area contributed by atoms with Crippen LogP contribution >= 0.6 is 0 Å². The number of halogens is 2. The highest BCUT2D eigenvalue weighted by atomic mass is 19.2. The maximum absolute atomic E-state index is 13.7. The summed E-state index contributed by atoms with van der Waals surface area (Å²) in [6.45, 7) is 2.01. The van der Waals surface area contributed by atoms with Gasteiger partial charge >= 0.3 is 0 Å². The second-order valence-electron chi connectivity index (χ2n) is 4.33. The number of nitro benzene ring substituents is 1. The lowest BCUT2D eigenvalue weighted by Gasteiger charge is -2.10. The first-order valence-electron chi connectivity index (χ1n) is 6.33. The van der Waals surface area contributed by atoms with Crippen LogP contribution in [0.3, 0.4) is 0 Å². The molecule has 1 heterocycles. The third-order valence-corrected chi connectivity index (χ3v) is 3.07. The Hall–Kier alpha value is -2.57. The van der Waals surface area contributed by atoms with E-state index in [1.165, 1.54) is 0 Å². The number of nitrogens with zero attached hydrogens (tertiary/aromatic N) is 2. The molecule has 1 aromatic heterocycles. The van der Waals surface area contributed by atoms with Gasteiger partial charge in [-0.05, 0) is 24.1 Å². The summed E-state index contributed by atoms with van der Waals surface area (Å²) in [4.78, 5) is 14.3. The van der Waals surface area contributed by atoms with Crippen LogP contribution in [0.2, 0.25) is 0 Å². The van der Waals surface area contributed by atoms with Gasteiger partial charge in [0.1, 0.15) is 0 Å². The van der Waals surface area contributed by atoms with E-state index in [0.717, 1.165) is 24.1 Å². The maximum atomic E-state index is 13.7. The van der Waals surface area contributed by atoms with E-state index in [-0.39, 0.29) is 6.54 Å². The number of nitrogens with one attached hydrogen (secondary N) is 1. The number of nitro groups is 1. The van der Waals surface area contributed by atoms with Gasteiger partial charge in [0.15, 0.2) is 17.3 Å². The number of aryl methyl sites for hydroxylation is 1. The Labute approximate surface area is 119 Å². The smallest absolute Gasteiger partial charge is 0.295 e. The average Bonchev–Trinajstić information content (AvgIpc) is 2.48. The molecular formula is C14H13F2N3O2. The molecule has 0 aliphatic rings. The Bertz CT molecular complexity index is 677. The van der Waals surface area contributed by atoms with Crippen LogP contribution in [0, 0.1) is 21.7 Å². The predicted octanol–water partition coefficient (Wildman–Crippen LogP) is 3.44. The van der Waals surface area contributed by atoms with Gasteiger partial charge in [0.05, 0.1) is 17.2 Å². The number of rotatable bonds is 5. The van der Waals surface area contributed by atoms with E-state index in [0.29, 0.717) is 5.69 Å². The molecule has 110 valence electrons. The van der Waals surface area contributed by atoms with Crippen molar-refractivity contribution in [3.8, 4) is 0 Å². The van der Waals surface area contributed by atoms with E-state index in [2.05, 4.69) is 10.3 Å². The van der Waals surface area contributed by atoms with Crippen molar-refractivity contribution in [1.82, 2.24) is 4.98 Å². The largest absolute Gasteiger partial charge is 0.371 e. The lowest BCUT2D eigenvalue weighted by atomic mass is 10.1. The molecule has 0 amide bonds. The molecule has 0 atom stereocenters. The number of benzene rings is 1. The minimum atomic E-state index is -1.27. The molecule has 0 aliphatic carbocycles. The van der Waals surface area contributed by atoms with Gasteiger partial charge in [-0.3, -0.25) is 15.1 Å². The van der Waals surface area contributed by atoms with Gasteiger partial charge in [0.2, 0.25) is 0 Å². The molecule has 7 heteroatoms. The van der Waals surface area contributed by atoms with Crippen LogP contribution in [0.4, 0.5) is 20.2 Å². The van der Waals surface area contributed by atoms with Gasteiger partial charge in [-0.2, -0.15) is 0 Å². The van der Waals surface area contributed by atoms with Crippen LogP contribution in [0.1, 0.15) is 18.2 Å². The van der Waals surface area contributed by atoms with E-state index >= 15 is 0 Å². The second kappa shape index (κ2) is 6.25. The van der Waals surface area contributed by atoms with Crippen LogP contribution in [-0.2, 0) is 13.0 Å². The highest BCUT2D eigenvalue weighted by Crippen LogP contribution is 2.29. The molecule has 21 heavy (non-hydrogen) atoms. The van der Waals surface area contributed by atoms with Crippen molar-refractivity contribution < 1.29 is 13.7 Å². The van der Waals surface area contributed by atoms with Crippen molar-refractivity contribution in [2.75, 3.05) is 5.32 Å². The summed E-state index contributed by atoms with van der Waals surface area (Å²) in [7, 11) is 0. The summed E-state index contributed by atoms with van der Waals surface area (Å²) >= 11 is 0. The van der Waals surface area contributed by atoms with Gasteiger partial charge in [-0.1, -0.05) is 13.0 Å². The van der Waals surface area contributed by atoms with Gasteiger partial charge < -0.3 is 5.32 Å². The minimum Gasteiger partial charge on any atom is -0.371 e. The fourth-order valence-corrected chi connectivity index (χ4v) is 1.99. The Morgan fingerprint density at radius 3 is 2.76 bits per heavy atom. The second-order valence-corrected chi connectivity index (χ2v) is 4.33. The zero-order chi connectivity index (χ0) is 15.4. The first-order valence-corrected chi connectivity index (χ1v) is 6.33. The zero-order valence-electron chi connectivity index (χ0n) is 11.3. The number of aromatic nitrogens is 1. The van der Waals surface area contributed by atoms with Crippen LogP contribution in [0.5, 0.6) is 0 Å². The summed E-state index contributed by atoms with van der Waals surface area (Å²) in [6, 6.07) is 5.30. The summed E-state index contributed by atoms with van der Waals surface area (Å²) in [5.74, 6) is -2.40. The summed E-state index contributed by atoms with van der Waals surface area (Å²) in [5.41, 5.74) is 0.595. The van der Waals surface area contributed by atoms with Crippen LogP contribution < -0.4 is 5.32 Å². The molecule has 0 fully saturated rings. The van der Waals surface area contributed by atoms with Crippen molar-refractivity contribution in [2.24, 2.45) is 0 Å². The third-order valence-electron chi connectivity index (χ3n) is 3.07. The molecule has 1 aromatic carbocycles. The standard InChI is InChI=1S/C14H13F2N3O2/c1-2-9-4-3-7-17-11(9)8-18-14-12(19(20)21)6-5-10(15)13(14)16/h3-7,18H,2,8H2,1H3. The van der Waals surface area contributed by atoms with Gasteiger partial charge in [0, 0.05) is 12.3 Å². The highest BCUT2D eigenvalue weighted by molar-refractivity contribution is 5.62. The predicted molar refractivity (Wildman–Crippen MR) is 74.0 cm³/mol. The normalized spacial score (nSPS) is 10.4. The van der Waals surface area contributed by atoms with E-state index in [4.69, 9.17) is 0 Å². The highest BCUT2D eigenvalue weighted by Gasteiger charge is 2.21. The molecule has 0 spiro atoms. The van der Waals surface area contributed by atoms with Crippen molar-refractivity contribution in [3.05, 3.63) is 63.5 Å². The van der Waals surface area contributed by atoms with Crippen molar-refractivity contribution >= 4 is 11.4 Å². The molecule has 2 aromatic rings. The van der Waals surface area contributed by atoms with Crippen LogP contribution in [-0.4, -0.2) is 9.91 Å². The topological polar surface area (TPSA) is 68.1 Å². The maximum Gasteiger partial charge on any atom is 0.295 e. The lowest BCUT2D eigenvalue weighted by molar-refractivity contribution is -0.384. The Kier molecular flexibility index (Phi) is 4.42. The molecule has 1 N–H and O–H groups in total. The number of pyridine rings is 1. The fourth-order valence-electron chi connectivity index (χ4n) is 1.99. The van der Waals surface area contributed by atoms with Crippen molar-refractivity contribution in [3.63, 3.8) is 0 Å². The Morgan fingerprint density at radius 2 is 2.10 bits per heavy atom. The quantitative estimate of drug-likeness (QED) is 0.677. The first kappa shape index (κ1) is 14.8. The molecule has 0 unspecified atom stereocenters. The Balaban J connectivity index is 2.31. The SMILES string of the molecule is CCc1cccnc1CNc1c([N+](=O)[O-])ccc(F)c1F. The molecular weight excluding hydrogens is 280 g/mol. The fraction of sp³-hybridized carbons (Fsp3) is 0.214. The summed E-state index contributed by atoms with van der Waals surface area (Å²) in [5, 5.41) is 13.5. The third kappa shape index (κ3) is 3.13. The monoisotopic (exact) mass is 293 g/mol. The van der Waals surface area contributed by atoms with E-state index in [1.54, 1.807) is 12.3 Å². The lowest BCUT2D eigenvalue weighted by Crippen LogP contribution is -2.09. The molecule has 5 nitrogen and oxygen atoms in total. The molecule has 2 rings (SSSR count). The number of anilines is 1. The van der Waals surface area contributed by atoms with Crippen LogP contribution in [0.25, 0.3) is 0 Å².